The first kappa shape index (κ1) is 15.8. The first-order valence-corrected chi connectivity index (χ1v) is 7.66. The molecule has 1 aromatic heterocycles. The normalized spacial score (nSPS) is 12.4. The molecule has 0 aliphatic carbocycles. The molecule has 1 unspecified atom stereocenters. The fourth-order valence-electron chi connectivity index (χ4n) is 2.21. The molecule has 21 heavy (non-hydrogen) atoms. The van der Waals surface area contributed by atoms with Crippen molar-refractivity contribution in [2.24, 2.45) is 0 Å². The van der Waals surface area contributed by atoms with Crippen LogP contribution < -0.4 is 5.32 Å². The largest absolute Gasteiger partial charge is 0.394 e. The van der Waals surface area contributed by atoms with Crippen molar-refractivity contribution in [3.05, 3.63) is 58.3 Å². The number of carbonyl (C=O) groups excluding carboxylic acids is 1. The Morgan fingerprint density at radius 3 is 2.57 bits per heavy atom. The standard InChI is InChI=1S/C16H19BrN2O2/c1-11(2)19-9-13(17)8-15(19)16(21)18-14(10-20)12-6-4-3-5-7-12/h3-9,11,14,20H,10H2,1-2H3,(H,18,21). The summed E-state index contributed by atoms with van der Waals surface area (Å²) in [6, 6.07) is 11.0. The minimum Gasteiger partial charge on any atom is -0.394 e. The molecule has 5 heteroatoms. The topological polar surface area (TPSA) is 54.3 Å². The Hall–Kier alpha value is -1.59. The van der Waals surface area contributed by atoms with Crippen molar-refractivity contribution in [1.82, 2.24) is 9.88 Å². The van der Waals surface area contributed by atoms with Crippen LogP contribution in [0.3, 0.4) is 0 Å². The molecule has 112 valence electrons. The zero-order valence-corrected chi connectivity index (χ0v) is 13.7. The van der Waals surface area contributed by atoms with Gasteiger partial charge in [-0.15, -0.1) is 0 Å². The molecule has 2 aromatic rings. The highest BCUT2D eigenvalue weighted by Gasteiger charge is 2.19. The Morgan fingerprint density at radius 2 is 2.00 bits per heavy atom. The van der Waals surface area contributed by atoms with Crippen LogP contribution in [0.4, 0.5) is 0 Å². The Labute approximate surface area is 132 Å². The summed E-state index contributed by atoms with van der Waals surface area (Å²) in [4.78, 5) is 12.5. The lowest BCUT2D eigenvalue weighted by Crippen LogP contribution is -2.32. The number of nitrogens with zero attached hydrogens (tertiary/aromatic N) is 1. The zero-order valence-electron chi connectivity index (χ0n) is 12.1. The molecule has 1 heterocycles. The van der Waals surface area contributed by atoms with E-state index in [1.54, 1.807) is 6.07 Å². The van der Waals surface area contributed by atoms with Crippen LogP contribution in [0, 0.1) is 0 Å². The summed E-state index contributed by atoms with van der Waals surface area (Å²) in [6.45, 7) is 3.90. The van der Waals surface area contributed by atoms with Gasteiger partial charge in [0.25, 0.3) is 5.91 Å². The maximum atomic E-state index is 12.5. The van der Waals surface area contributed by atoms with Gasteiger partial charge in [-0.3, -0.25) is 4.79 Å². The highest BCUT2D eigenvalue weighted by Crippen LogP contribution is 2.20. The van der Waals surface area contributed by atoms with Crippen LogP contribution in [0.25, 0.3) is 0 Å². The van der Waals surface area contributed by atoms with Gasteiger partial charge < -0.3 is 15.0 Å². The molecule has 0 saturated heterocycles. The fraction of sp³-hybridized carbons (Fsp3) is 0.312. The molecule has 2 N–H and O–H groups in total. The summed E-state index contributed by atoms with van der Waals surface area (Å²) in [5, 5.41) is 12.4. The van der Waals surface area contributed by atoms with Crippen molar-refractivity contribution in [3.8, 4) is 0 Å². The minimum absolute atomic E-state index is 0.140. The van der Waals surface area contributed by atoms with E-state index in [1.165, 1.54) is 0 Å². The third kappa shape index (κ3) is 3.74. The Kier molecular flexibility index (Phi) is 5.20. The van der Waals surface area contributed by atoms with E-state index in [0.29, 0.717) is 5.69 Å². The minimum atomic E-state index is -0.409. The van der Waals surface area contributed by atoms with Crippen molar-refractivity contribution in [2.75, 3.05) is 6.61 Å². The molecule has 0 fully saturated rings. The molecule has 2 rings (SSSR count). The number of rotatable bonds is 5. The number of carbonyl (C=O) groups is 1. The SMILES string of the molecule is CC(C)n1cc(Br)cc1C(=O)NC(CO)c1ccccc1. The van der Waals surface area contributed by atoms with Crippen LogP contribution in [-0.2, 0) is 0 Å². The Balaban J connectivity index is 2.21. The predicted octanol–water partition coefficient (Wildman–Crippen LogP) is 3.29. The van der Waals surface area contributed by atoms with E-state index in [4.69, 9.17) is 0 Å². The Bertz CT molecular complexity index is 608. The predicted molar refractivity (Wildman–Crippen MR) is 86.3 cm³/mol. The van der Waals surface area contributed by atoms with Gasteiger partial charge in [0, 0.05) is 16.7 Å². The number of halogens is 1. The van der Waals surface area contributed by atoms with Gasteiger partial charge in [-0.25, -0.2) is 0 Å². The number of benzene rings is 1. The average molecular weight is 351 g/mol. The van der Waals surface area contributed by atoms with Gasteiger partial charge in [0.05, 0.1) is 12.6 Å². The third-order valence-corrected chi connectivity index (χ3v) is 3.73. The second-order valence-electron chi connectivity index (χ2n) is 5.16. The van der Waals surface area contributed by atoms with Crippen LogP contribution in [0.1, 0.15) is 42.0 Å². The van der Waals surface area contributed by atoms with Crippen molar-refractivity contribution >= 4 is 21.8 Å². The summed E-state index contributed by atoms with van der Waals surface area (Å²) in [5.41, 5.74) is 1.46. The number of aromatic nitrogens is 1. The molecule has 1 atom stereocenters. The monoisotopic (exact) mass is 350 g/mol. The van der Waals surface area contributed by atoms with Gasteiger partial charge >= 0.3 is 0 Å². The van der Waals surface area contributed by atoms with Gasteiger partial charge in [0.1, 0.15) is 5.69 Å². The molecule has 1 amide bonds. The molecule has 0 saturated carbocycles. The molecule has 1 aromatic carbocycles. The number of hydrogen-bond donors (Lipinski definition) is 2. The summed E-state index contributed by atoms with van der Waals surface area (Å²) in [6.07, 6.45) is 1.88. The molecular formula is C16H19BrN2O2. The quantitative estimate of drug-likeness (QED) is 0.869. The number of hydrogen-bond acceptors (Lipinski definition) is 2. The van der Waals surface area contributed by atoms with Crippen molar-refractivity contribution in [2.45, 2.75) is 25.9 Å². The van der Waals surface area contributed by atoms with E-state index in [9.17, 15) is 9.90 Å². The van der Waals surface area contributed by atoms with Crippen LogP contribution in [-0.4, -0.2) is 22.2 Å². The van der Waals surface area contributed by atoms with E-state index in [2.05, 4.69) is 21.2 Å². The summed E-state index contributed by atoms with van der Waals surface area (Å²) in [5.74, 6) is -0.197. The van der Waals surface area contributed by atoms with Gasteiger partial charge in [-0.1, -0.05) is 30.3 Å². The highest BCUT2D eigenvalue weighted by atomic mass is 79.9. The van der Waals surface area contributed by atoms with Crippen molar-refractivity contribution in [3.63, 3.8) is 0 Å². The number of aliphatic hydroxyl groups excluding tert-OH is 1. The molecule has 0 radical (unpaired) electrons. The first-order chi connectivity index (χ1) is 10.0. The van der Waals surface area contributed by atoms with E-state index >= 15 is 0 Å². The van der Waals surface area contributed by atoms with E-state index in [0.717, 1.165) is 10.0 Å². The fourth-order valence-corrected chi connectivity index (χ4v) is 2.64. The number of nitrogens with one attached hydrogen (secondary N) is 1. The maximum Gasteiger partial charge on any atom is 0.268 e. The Morgan fingerprint density at radius 1 is 1.33 bits per heavy atom. The van der Waals surface area contributed by atoms with Crippen molar-refractivity contribution < 1.29 is 9.90 Å². The van der Waals surface area contributed by atoms with Gasteiger partial charge in [0.15, 0.2) is 0 Å². The lowest BCUT2D eigenvalue weighted by atomic mass is 10.1. The smallest absolute Gasteiger partial charge is 0.268 e. The number of aliphatic hydroxyl groups is 1. The molecule has 4 nitrogen and oxygen atoms in total. The van der Waals surface area contributed by atoms with Crippen LogP contribution in [0.5, 0.6) is 0 Å². The lowest BCUT2D eigenvalue weighted by Gasteiger charge is -2.18. The van der Waals surface area contributed by atoms with E-state index in [-0.39, 0.29) is 18.6 Å². The molecule has 0 aliphatic rings. The summed E-state index contributed by atoms with van der Waals surface area (Å²) in [7, 11) is 0. The van der Waals surface area contributed by atoms with Gasteiger partial charge in [-0.2, -0.15) is 0 Å². The number of amides is 1. The van der Waals surface area contributed by atoms with E-state index in [1.807, 2.05) is 54.9 Å². The molecule has 0 spiro atoms. The summed E-state index contributed by atoms with van der Waals surface area (Å²) < 4.78 is 2.76. The van der Waals surface area contributed by atoms with Crippen LogP contribution >= 0.6 is 15.9 Å². The van der Waals surface area contributed by atoms with Crippen LogP contribution in [0.2, 0.25) is 0 Å². The van der Waals surface area contributed by atoms with Crippen molar-refractivity contribution in [1.29, 1.82) is 0 Å². The summed E-state index contributed by atoms with van der Waals surface area (Å²) >= 11 is 3.40. The maximum absolute atomic E-state index is 12.5. The molecule has 0 bridgehead atoms. The first-order valence-electron chi connectivity index (χ1n) is 6.87. The third-order valence-electron chi connectivity index (χ3n) is 3.29. The second-order valence-corrected chi connectivity index (χ2v) is 6.08. The average Bonchev–Trinajstić information content (AvgIpc) is 2.88. The zero-order chi connectivity index (χ0) is 15.4. The highest BCUT2D eigenvalue weighted by molar-refractivity contribution is 9.10. The second kappa shape index (κ2) is 6.91. The van der Waals surface area contributed by atoms with E-state index < -0.39 is 6.04 Å². The van der Waals surface area contributed by atoms with Gasteiger partial charge in [-0.05, 0) is 41.4 Å². The molecular weight excluding hydrogens is 332 g/mol. The van der Waals surface area contributed by atoms with Gasteiger partial charge in [0.2, 0.25) is 0 Å². The van der Waals surface area contributed by atoms with Crippen LogP contribution in [0.15, 0.2) is 47.1 Å². The molecule has 0 aliphatic heterocycles. The lowest BCUT2D eigenvalue weighted by molar-refractivity contribution is 0.0905.